The van der Waals surface area contributed by atoms with Crippen LogP contribution in [0.4, 0.5) is 4.39 Å². The van der Waals surface area contributed by atoms with Crippen molar-refractivity contribution in [1.82, 2.24) is 0 Å². The summed E-state index contributed by atoms with van der Waals surface area (Å²) in [6.45, 7) is -0.170. The van der Waals surface area contributed by atoms with Gasteiger partial charge in [-0.3, -0.25) is 0 Å². The van der Waals surface area contributed by atoms with Crippen LogP contribution in [0.1, 0.15) is 11.6 Å². The predicted molar refractivity (Wildman–Crippen MR) is 52.2 cm³/mol. The second kappa shape index (κ2) is 4.60. The second-order valence-corrected chi connectivity index (χ2v) is 3.52. The molecule has 1 atom stereocenters. The quantitative estimate of drug-likeness (QED) is 0.729. The average Bonchev–Trinajstić information content (AvgIpc) is 2.16. The Labute approximate surface area is 80.9 Å². The maximum absolute atomic E-state index is 12.8. The molecule has 2 nitrogen and oxygen atoms in total. The summed E-state index contributed by atoms with van der Waals surface area (Å²) in [5, 5.41) is 8.84. The van der Waals surface area contributed by atoms with E-state index in [-0.39, 0.29) is 12.4 Å². The van der Waals surface area contributed by atoms with Crippen LogP contribution >= 0.6 is 11.8 Å². The van der Waals surface area contributed by atoms with Gasteiger partial charge >= 0.3 is 0 Å². The molecule has 0 fully saturated rings. The van der Waals surface area contributed by atoms with Crippen LogP contribution < -0.4 is 5.73 Å². The summed E-state index contributed by atoms with van der Waals surface area (Å²) in [5.41, 5.74) is 6.27. The molecule has 0 aliphatic carbocycles. The highest BCUT2D eigenvalue weighted by molar-refractivity contribution is 7.98. The van der Waals surface area contributed by atoms with E-state index in [0.717, 1.165) is 4.90 Å². The zero-order valence-corrected chi connectivity index (χ0v) is 8.14. The Bertz CT molecular complexity index is 293. The SMILES string of the molecule is CSc1ccc(F)cc1C(N)CO. The number of nitrogens with two attached hydrogens (primary N) is 1. The van der Waals surface area contributed by atoms with E-state index in [1.165, 1.54) is 23.9 Å². The number of aliphatic hydroxyl groups is 1. The van der Waals surface area contributed by atoms with Crippen LogP contribution in [-0.4, -0.2) is 18.0 Å². The van der Waals surface area contributed by atoms with E-state index in [2.05, 4.69) is 0 Å². The van der Waals surface area contributed by atoms with Crippen LogP contribution in [0.15, 0.2) is 23.1 Å². The van der Waals surface area contributed by atoms with Crippen molar-refractivity contribution in [2.24, 2.45) is 5.73 Å². The Morgan fingerprint density at radius 1 is 1.62 bits per heavy atom. The van der Waals surface area contributed by atoms with Gasteiger partial charge in [0.15, 0.2) is 0 Å². The van der Waals surface area contributed by atoms with Gasteiger partial charge in [-0.1, -0.05) is 0 Å². The van der Waals surface area contributed by atoms with Crippen molar-refractivity contribution in [3.05, 3.63) is 29.6 Å². The number of thioether (sulfide) groups is 1. The summed E-state index contributed by atoms with van der Waals surface area (Å²) in [4.78, 5) is 0.906. The molecule has 13 heavy (non-hydrogen) atoms. The number of hydrogen-bond acceptors (Lipinski definition) is 3. The lowest BCUT2D eigenvalue weighted by Crippen LogP contribution is -2.15. The molecule has 3 N–H and O–H groups in total. The fourth-order valence-corrected chi connectivity index (χ4v) is 1.74. The van der Waals surface area contributed by atoms with Crippen LogP contribution in [0.3, 0.4) is 0 Å². The fourth-order valence-electron chi connectivity index (χ4n) is 1.09. The predicted octanol–water partition coefficient (Wildman–Crippen LogP) is 1.54. The van der Waals surface area contributed by atoms with Gasteiger partial charge in [0.1, 0.15) is 5.82 Å². The Kier molecular flexibility index (Phi) is 3.71. The van der Waals surface area contributed by atoms with Crippen molar-refractivity contribution in [2.75, 3.05) is 12.9 Å². The molecule has 0 bridgehead atoms. The Morgan fingerprint density at radius 3 is 2.85 bits per heavy atom. The third-order valence-corrected chi connectivity index (χ3v) is 2.60. The molecule has 0 radical (unpaired) electrons. The number of benzene rings is 1. The van der Waals surface area contributed by atoms with Gasteiger partial charge in [-0.25, -0.2) is 4.39 Å². The van der Waals surface area contributed by atoms with Gasteiger partial charge in [-0.15, -0.1) is 11.8 Å². The van der Waals surface area contributed by atoms with Gasteiger partial charge in [-0.05, 0) is 30.0 Å². The molecule has 1 aromatic rings. The largest absolute Gasteiger partial charge is 0.394 e. The van der Waals surface area contributed by atoms with E-state index in [1.807, 2.05) is 6.26 Å². The first-order chi connectivity index (χ1) is 6.19. The molecule has 1 unspecified atom stereocenters. The molecular formula is C9H12FNOS. The summed E-state index contributed by atoms with van der Waals surface area (Å²) in [6, 6.07) is 3.93. The van der Waals surface area contributed by atoms with E-state index in [4.69, 9.17) is 10.8 Å². The van der Waals surface area contributed by atoms with E-state index in [0.29, 0.717) is 5.56 Å². The number of hydrogen-bond donors (Lipinski definition) is 2. The van der Waals surface area contributed by atoms with Crippen molar-refractivity contribution in [3.63, 3.8) is 0 Å². The molecule has 0 saturated heterocycles. The van der Waals surface area contributed by atoms with Crippen molar-refractivity contribution < 1.29 is 9.50 Å². The van der Waals surface area contributed by atoms with E-state index in [1.54, 1.807) is 6.07 Å². The summed E-state index contributed by atoms with van der Waals surface area (Å²) in [5.74, 6) is -0.322. The average molecular weight is 201 g/mol. The molecule has 0 saturated carbocycles. The molecule has 72 valence electrons. The summed E-state index contributed by atoms with van der Waals surface area (Å²) >= 11 is 1.49. The van der Waals surface area contributed by atoms with E-state index < -0.39 is 6.04 Å². The summed E-state index contributed by atoms with van der Waals surface area (Å²) < 4.78 is 12.8. The van der Waals surface area contributed by atoms with Crippen LogP contribution in [0.5, 0.6) is 0 Å². The Balaban J connectivity index is 3.07. The molecule has 0 heterocycles. The summed E-state index contributed by atoms with van der Waals surface area (Å²) in [7, 11) is 0. The molecule has 0 aliphatic heterocycles. The number of rotatable bonds is 3. The smallest absolute Gasteiger partial charge is 0.123 e. The van der Waals surface area contributed by atoms with Gasteiger partial charge in [0, 0.05) is 4.90 Å². The van der Waals surface area contributed by atoms with E-state index in [9.17, 15) is 4.39 Å². The van der Waals surface area contributed by atoms with Gasteiger partial charge in [0.2, 0.25) is 0 Å². The fraction of sp³-hybridized carbons (Fsp3) is 0.333. The van der Waals surface area contributed by atoms with Crippen molar-refractivity contribution in [3.8, 4) is 0 Å². The molecule has 1 rings (SSSR count). The first-order valence-electron chi connectivity index (χ1n) is 3.89. The summed E-state index contributed by atoms with van der Waals surface area (Å²) in [6.07, 6.45) is 1.89. The van der Waals surface area contributed by atoms with Crippen molar-refractivity contribution in [1.29, 1.82) is 0 Å². The van der Waals surface area contributed by atoms with Gasteiger partial charge in [0.25, 0.3) is 0 Å². The topological polar surface area (TPSA) is 46.2 Å². The van der Waals surface area contributed by atoms with E-state index >= 15 is 0 Å². The molecule has 0 spiro atoms. The van der Waals surface area contributed by atoms with Crippen LogP contribution in [0.2, 0.25) is 0 Å². The highest BCUT2D eigenvalue weighted by Crippen LogP contribution is 2.25. The second-order valence-electron chi connectivity index (χ2n) is 2.68. The third kappa shape index (κ3) is 2.43. The van der Waals surface area contributed by atoms with Gasteiger partial charge in [-0.2, -0.15) is 0 Å². The van der Waals surface area contributed by atoms with Crippen LogP contribution in [0, 0.1) is 5.82 Å². The molecule has 0 amide bonds. The highest BCUT2D eigenvalue weighted by Gasteiger charge is 2.10. The normalized spacial score (nSPS) is 12.9. The third-order valence-electron chi connectivity index (χ3n) is 1.79. The van der Waals surface area contributed by atoms with Crippen molar-refractivity contribution >= 4 is 11.8 Å². The first kappa shape index (κ1) is 10.5. The lowest BCUT2D eigenvalue weighted by atomic mass is 10.1. The minimum absolute atomic E-state index is 0.170. The molecule has 0 aliphatic rings. The molecule has 1 aromatic carbocycles. The highest BCUT2D eigenvalue weighted by atomic mass is 32.2. The Morgan fingerprint density at radius 2 is 2.31 bits per heavy atom. The van der Waals surface area contributed by atoms with Crippen LogP contribution in [0.25, 0.3) is 0 Å². The lowest BCUT2D eigenvalue weighted by Gasteiger charge is -2.12. The zero-order chi connectivity index (χ0) is 9.84. The maximum atomic E-state index is 12.8. The van der Waals surface area contributed by atoms with Crippen LogP contribution in [-0.2, 0) is 0 Å². The van der Waals surface area contributed by atoms with Crippen molar-refractivity contribution in [2.45, 2.75) is 10.9 Å². The number of halogens is 1. The molecular weight excluding hydrogens is 189 g/mol. The lowest BCUT2D eigenvalue weighted by molar-refractivity contribution is 0.266. The minimum Gasteiger partial charge on any atom is -0.394 e. The van der Waals surface area contributed by atoms with Gasteiger partial charge < -0.3 is 10.8 Å². The maximum Gasteiger partial charge on any atom is 0.123 e. The van der Waals surface area contributed by atoms with Gasteiger partial charge in [0.05, 0.1) is 12.6 Å². The monoisotopic (exact) mass is 201 g/mol. The minimum atomic E-state index is -0.502. The molecule has 0 aromatic heterocycles. The standard InChI is InChI=1S/C9H12FNOS/c1-13-9-3-2-6(10)4-7(9)8(11)5-12/h2-4,8,12H,5,11H2,1H3. The zero-order valence-electron chi connectivity index (χ0n) is 7.33. The molecule has 4 heteroatoms. The number of aliphatic hydroxyl groups excluding tert-OH is 1. The first-order valence-corrected chi connectivity index (χ1v) is 5.11. The Hall–Kier alpha value is -0.580.